The van der Waals surface area contributed by atoms with E-state index in [1.807, 2.05) is 0 Å². The van der Waals surface area contributed by atoms with E-state index in [1.54, 1.807) is 0 Å². The van der Waals surface area contributed by atoms with Crippen LogP contribution >= 0.6 is 38.5 Å². The van der Waals surface area contributed by atoms with Crippen molar-refractivity contribution >= 4 is 38.5 Å². The first-order valence-corrected chi connectivity index (χ1v) is 7.78. The van der Waals surface area contributed by atoms with Gasteiger partial charge in [0.25, 0.3) is 0 Å². The third-order valence-corrected chi connectivity index (χ3v) is 4.43. The van der Waals surface area contributed by atoms with Gasteiger partial charge in [-0.05, 0) is 63.9 Å². The lowest BCUT2D eigenvalue weighted by Crippen LogP contribution is -2.12. The molecule has 0 aliphatic rings. The molecule has 0 fully saturated rings. The van der Waals surface area contributed by atoms with E-state index in [0.29, 0.717) is 0 Å². The molecule has 0 aliphatic heterocycles. The molecule has 0 saturated carbocycles. The fourth-order valence-corrected chi connectivity index (χ4v) is 2.90. The van der Waals surface area contributed by atoms with E-state index in [2.05, 4.69) is 87.9 Å². The SMILES string of the molecule is CCc1ccc(C(N)c2cc(I)ccc2Br)cc1. The van der Waals surface area contributed by atoms with Crippen molar-refractivity contribution < 1.29 is 0 Å². The van der Waals surface area contributed by atoms with Crippen molar-refractivity contribution in [2.24, 2.45) is 5.73 Å². The Kier molecular flexibility index (Phi) is 4.81. The molecule has 3 heteroatoms. The minimum atomic E-state index is -0.0833. The maximum Gasteiger partial charge on any atom is 0.0563 e. The van der Waals surface area contributed by atoms with Gasteiger partial charge in [0.15, 0.2) is 0 Å². The predicted octanol–water partition coefficient (Wildman–Crippen LogP) is 4.66. The molecule has 2 N–H and O–H groups in total. The third kappa shape index (κ3) is 3.13. The van der Waals surface area contributed by atoms with Crippen LogP contribution in [0, 0.1) is 3.57 Å². The summed E-state index contributed by atoms with van der Waals surface area (Å²) in [5, 5.41) is 0. The third-order valence-electron chi connectivity index (χ3n) is 3.04. The van der Waals surface area contributed by atoms with E-state index in [9.17, 15) is 0 Å². The summed E-state index contributed by atoms with van der Waals surface area (Å²) in [7, 11) is 0. The second kappa shape index (κ2) is 6.17. The summed E-state index contributed by atoms with van der Waals surface area (Å²) in [5.41, 5.74) is 9.96. The zero-order chi connectivity index (χ0) is 13.1. The summed E-state index contributed by atoms with van der Waals surface area (Å²) in [6.07, 6.45) is 1.06. The molecule has 0 radical (unpaired) electrons. The van der Waals surface area contributed by atoms with Crippen LogP contribution in [0.15, 0.2) is 46.9 Å². The average Bonchev–Trinajstić information content (AvgIpc) is 2.41. The Morgan fingerprint density at radius 2 is 1.83 bits per heavy atom. The molecular weight excluding hydrogens is 401 g/mol. The fourth-order valence-electron chi connectivity index (χ4n) is 1.89. The maximum absolute atomic E-state index is 6.34. The zero-order valence-corrected chi connectivity index (χ0v) is 13.9. The second-order valence-corrected chi connectivity index (χ2v) is 6.34. The van der Waals surface area contributed by atoms with Crippen LogP contribution in [0.25, 0.3) is 0 Å². The van der Waals surface area contributed by atoms with Gasteiger partial charge < -0.3 is 5.73 Å². The van der Waals surface area contributed by atoms with Crippen LogP contribution in [0.4, 0.5) is 0 Å². The van der Waals surface area contributed by atoms with E-state index in [4.69, 9.17) is 5.73 Å². The van der Waals surface area contributed by atoms with Gasteiger partial charge in [-0.3, -0.25) is 0 Å². The van der Waals surface area contributed by atoms with Gasteiger partial charge >= 0.3 is 0 Å². The number of rotatable bonds is 3. The van der Waals surface area contributed by atoms with Crippen molar-refractivity contribution in [3.63, 3.8) is 0 Å². The second-order valence-electron chi connectivity index (χ2n) is 4.24. The number of aryl methyl sites for hydroxylation is 1. The molecule has 0 heterocycles. The minimum absolute atomic E-state index is 0.0833. The largest absolute Gasteiger partial charge is 0.320 e. The van der Waals surface area contributed by atoms with Gasteiger partial charge in [-0.15, -0.1) is 0 Å². The Morgan fingerprint density at radius 1 is 1.17 bits per heavy atom. The lowest BCUT2D eigenvalue weighted by Gasteiger charge is -2.15. The highest BCUT2D eigenvalue weighted by atomic mass is 127. The maximum atomic E-state index is 6.34. The number of hydrogen-bond acceptors (Lipinski definition) is 1. The summed E-state index contributed by atoms with van der Waals surface area (Å²) in [4.78, 5) is 0. The van der Waals surface area contributed by atoms with Crippen LogP contribution in [-0.2, 0) is 6.42 Å². The van der Waals surface area contributed by atoms with Crippen molar-refractivity contribution in [2.45, 2.75) is 19.4 Å². The molecule has 0 spiro atoms. The highest BCUT2D eigenvalue weighted by molar-refractivity contribution is 14.1. The lowest BCUT2D eigenvalue weighted by molar-refractivity contribution is 0.863. The highest BCUT2D eigenvalue weighted by Gasteiger charge is 2.12. The number of hydrogen-bond donors (Lipinski definition) is 1. The zero-order valence-electron chi connectivity index (χ0n) is 10.2. The molecule has 2 rings (SSSR count). The fraction of sp³-hybridized carbons (Fsp3) is 0.200. The summed E-state index contributed by atoms with van der Waals surface area (Å²) in [6, 6.07) is 14.7. The van der Waals surface area contributed by atoms with E-state index in [0.717, 1.165) is 22.0 Å². The first-order valence-electron chi connectivity index (χ1n) is 5.91. The molecule has 1 unspecified atom stereocenters. The standard InChI is InChI=1S/C15H15BrIN/c1-2-10-3-5-11(6-4-10)15(18)13-9-12(17)7-8-14(13)16/h3-9,15H,2,18H2,1H3. The van der Waals surface area contributed by atoms with Gasteiger partial charge in [0, 0.05) is 8.04 Å². The summed E-state index contributed by atoms with van der Waals surface area (Å²) in [5.74, 6) is 0. The average molecular weight is 416 g/mol. The first-order chi connectivity index (χ1) is 8.61. The van der Waals surface area contributed by atoms with Crippen LogP contribution in [0.5, 0.6) is 0 Å². The van der Waals surface area contributed by atoms with Crippen molar-refractivity contribution in [3.05, 3.63) is 67.2 Å². The highest BCUT2D eigenvalue weighted by Crippen LogP contribution is 2.28. The number of nitrogens with two attached hydrogens (primary N) is 1. The normalized spacial score (nSPS) is 12.4. The molecule has 1 atom stereocenters. The minimum Gasteiger partial charge on any atom is -0.320 e. The van der Waals surface area contributed by atoms with E-state index in [-0.39, 0.29) is 6.04 Å². The Balaban J connectivity index is 2.34. The quantitative estimate of drug-likeness (QED) is 0.724. The molecule has 0 saturated heterocycles. The van der Waals surface area contributed by atoms with Crippen LogP contribution in [0.1, 0.15) is 29.7 Å². The molecule has 0 aliphatic carbocycles. The van der Waals surface area contributed by atoms with Gasteiger partial charge in [0.05, 0.1) is 6.04 Å². The van der Waals surface area contributed by atoms with E-state index < -0.39 is 0 Å². The Labute approximate surface area is 130 Å². The molecule has 0 amide bonds. The monoisotopic (exact) mass is 415 g/mol. The topological polar surface area (TPSA) is 26.0 Å². The lowest BCUT2D eigenvalue weighted by atomic mass is 9.98. The van der Waals surface area contributed by atoms with Crippen molar-refractivity contribution in [1.29, 1.82) is 0 Å². The predicted molar refractivity (Wildman–Crippen MR) is 88.7 cm³/mol. The van der Waals surface area contributed by atoms with E-state index >= 15 is 0 Å². The molecular formula is C15H15BrIN. The van der Waals surface area contributed by atoms with Gasteiger partial charge in [0.1, 0.15) is 0 Å². The molecule has 0 aromatic heterocycles. The van der Waals surface area contributed by atoms with Crippen LogP contribution in [-0.4, -0.2) is 0 Å². The summed E-state index contributed by atoms with van der Waals surface area (Å²) >= 11 is 5.88. The first kappa shape index (κ1) is 14.0. The van der Waals surface area contributed by atoms with Gasteiger partial charge in [0.2, 0.25) is 0 Å². The van der Waals surface area contributed by atoms with Gasteiger partial charge in [-0.1, -0.05) is 47.1 Å². The molecule has 2 aromatic rings. The summed E-state index contributed by atoms with van der Waals surface area (Å²) < 4.78 is 2.27. The van der Waals surface area contributed by atoms with Crippen molar-refractivity contribution in [3.8, 4) is 0 Å². The Hall–Kier alpha value is -0.390. The van der Waals surface area contributed by atoms with E-state index in [1.165, 1.54) is 9.13 Å². The molecule has 1 nitrogen and oxygen atoms in total. The van der Waals surface area contributed by atoms with Gasteiger partial charge in [-0.2, -0.15) is 0 Å². The van der Waals surface area contributed by atoms with Crippen molar-refractivity contribution in [2.75, 3.05) is 0 Å². The molecule has 2 aromatic carbocycles. The smallest absolute Gasteiger partial charge is 0.0563 e. The molecule has 94 valence electrons. The Morgan fingerprint density at radius 3 is 2.44 bits per heavy atom. The van der Waals surface area contributed by atoms with Gasteiger partial charge in [-0.25, -0.2) is 0 Å². The Bertz CT molecular complexity index is 537. The van der Waals surface area contributed by atoms with Crippen molar-refractivity contribution in [1.82, 2.24) is 0 Å². The van der Waals surface area contributed by atoms with Crippen LogP contribution in [0.2, 0.25) is 0 Å². The number of halogens is 2. The summed E-state index contributed by atoms with van der Waals surface area (Å²) in [6.45, 7) is 2.16. The van der Waals surface area contributed by atoms with Crippen LogP contribution < -0.4 is 5.73 Å². The number of benzene rings is 2. The molecule has 0 bridgehead atoms. The molecule has 18 heavy (non-hydrogen) atoms. The van der Waals surface area contributed by atoms with Crippen LogP contribution in [0.3, 0.4) is 0 Å².